The number of carbonyl (C=O) groups excluding carboxylic acids is 1. The summed E-state index contributed by atoms with van der Waals surface area (Å²) < 4.78 is 11.9. The van der Waals surface area contributed by atoms with Crippen LogP contribution in [0.2, 0.25) is 0 Å². The first-order valence-corrected chi connectivity index (χ1v) is 10.1. The van der Waals surface area contributed by atoms with Crippen molar-refractivity contribution in [3.05, 3.63) is 63.2 Å². The van der Waals surface area contributed by atoms with Crippen molar-refractivity contribution < 1.29 is 14.3 Å². The zero-order valence-electron chi connectivity index (χ0n) is 16.6. The molecule has 146 valence electrons. The number of nitrogens with one attached hydrogen (secondary N) is 1. The van der Waals surface area contributed by atoms with Gasteiger partial charge in [0.1, 0.15) is 11.4 Å². The molecule has 1 N–H and O–H groups in total. The highest BCUT2D eigenvalue weighted by atomic mass is 127. The van der Waals surface area contributed by atoms with E-state index in [0.29, 0.717) is 0 Å². The first kappa shape index (κ1) is 21.7. The molecule has 4 nitrogen and oxygen atoms in total. The maximum Gasteiger partial charge on any atom is 0.308 e. The van der Waals surface area contributed by atoms with Crippen LogP contribution in [0.5, 0.6) is 5.75 Å². The van der Waals surface area contributed by atoms with Crippen LogP contribution in [-0.4, -0.2) is 18.7 Å². The van der Waals surface area contributed by atoms with Gasteiger partial charge in [0.2, 0.25) is 0 Å². The molecule has 0 aromatic heterocycles. The lowest BCUT2D eigenvalue weighted by molar-refractivity contribution is -0.155. The molecule has 0 radical (unpaired) electrons. The van der Waals surface area contributed by atoms with E-state index in [2.05, 4.69) is 40.9 Å². The normalized spacial score (nSPS) is 13.7. The maximum atomic E-state index is 12.4. The van der Waals surface area contributed by atoms with E-state index in [-0.39, 0.29) is 24.5 Å². The van der Waals surface area contributed by atoms with Crippen LogP contribution in [0, 0.1) is 3.57 Å². The molecule has 2 atom stereocenters. The van der Waals surface area contributed by atoms with Gasteiger partial charge in [-0.25, -0.2) is 0 Å². The fourth-order valence-corrected chi connectivity index (χ4v) is 3.40. The Labute approximate surface area is 175 Å². The molecular formula is C22H28INO3. The van der Waals surface area contributed by atoms with Gasteiger partial charge in [-0.2, -0.15) is 0 Å². The van der Waals surface area contributed by atoms with Crippen LogP contribution < -0.4 is 10.1 Å². The minimum absolute atomic E-state index is 0.0706. The SMILES string of the molecule is COc1ccc([C@H](C)N[C@H](CC(=O)OC(C)(C)C)c2cccc(I)c2)cc1. The zero-order valence-corrected chi connectivity index (χ0v) is 18.7. The summed E-state index contributed by atoms with van der Waals surface area (Å²) in [6.07, 6.45) is 0.276. The molecule has 0 spiro atoms. The van der Waals surface area contributed by atoms with Crippen molar-refractivity contribution in [3.8, 4) is 5.75 Å². The largest absolute Gasteiger partial charge is 0.497 e. The molecule has 0 amide bonds. The highest BCUT2D eigenvalue weighted by molar-refractivity contribution is 14.1. The number of benzene rings is 2. The average Bonchev–Trinajstić information content (AvgIpc) is 2.59. The fourth-order valence-electron chi connectivity index (χ4n) is 2.84. The quantitative estimate of drug-likeness (QED) is 0.424. The molecule has 2 rings (SSSR count). The van der Waals surface area contributed by atoms with Crippen LogP contribution in [-0.2, 0) is 9.53 Å². The fraction of sp³-hybridized carbons (Fsp3) is 0.409. The molecule has 27 heavy (non-hydrogen) atoms. The molecular weight excluding hydrogens is 453 g/mol. The van der Waals surface area contributed by atoms with Gasteiger partial charge in [0, 0.05) is 15.7 Å². The van der Waals surface area contributed by atoms with Gasteiger partial charge >= 0.3 is 5.97 Å². The molecule has 0 aliphatic heterocycles. The van der Waals surface area contributed by atoms with E-state index in [1.807, 2.05) is 63.2 Å². The Bertz CT molecular complexity index is 753. The van der Waals surface area contributed by atoms with Crippen molar-refractivity contribution in [2.45, 2.75) is 51.8 Å². The Morgan fingerprint density at radius 3 is 2.33 bits per heavy atom. The summed E-state index contributed by atoms with van der Waals surface area (Å²) in [4.78, 5) is 12.4. The van der Waals surface area contributed by atoms with Gasteiger partial charge in [-0.15, -0.1) is 0 Å². The molecule has 0 heterocycles. The number of methoxy groups -OCH3 is 1. The van der Waals surface area contributed by atoms with E-state index in [0.717, 1.165) is 20.4 Å². The maximum absolute atomic E-state index is 12.4. The predicted octanol–water partition coefficient (Wildman–Crippen LogP) is 5.42. The van der Waals surface area contributed by atoms with Gasteiger partial charge in [-0.1, -0.05) is 24.3 Å². The van der Waals surface area contributed by atoms with Crippen molar-refractivity contribution in [1.29, 1.82) is 0 Å². The van der Waals surface area contributed by atoms with Crippen molar-refractivity contribution in [2.75, 3.05) is 7.11 Å². The summed E-state index contributed by atoms with van der Waals surface area (Å²) >= 11 is 2.29. The van der Waals surface area contributed by atoms with E-state index >= 15 is 0 Å². The van der Waals surface area contributed by atoms with Gasteiger partial charge in [0.15, 0.2) is 0 Å². The lowest BCUT2D eigenvalue weighted by atomic mass is 10.0. The predicted molar refractivity (Wildman–Crippen MR) is 117 cm³/mol. The summed E-state index contributed by atoms with van der Waals surface area (Å²) in [5, 5.41) is 3.59. The second kappa shape index (κ2) is 9.55. The Balaban J connectivity index is 2.19. The van der Waals surface area contributed by atoms with Gasteiger partial charge in [0.25, 0.3) is 0 Å². The molecule has 2 aromatic rings. The van der Waals surface area contributed by atoms with E-state index in [1.54, 1.807) is 7.11 Å². The third-order valence-electron chi connectivity index (χ3n) is 4.11. The van der Waals surface area contributed by atoms with Crippen LogP contribution >= 0.6 is 22.6 Å². The van der Waals surface area contributed by atoms with E-state index in [4.69, 9.17) is 9.47 Å². The molecule has 2 aromatic carbocycles. The number of esters is 1. The lowest BCUT2D eigenvalue weighted by Gasteiger charge is -2.26. The molecule has 0 fully saturated rings. The van der Waals surface area contributed by atoms with Gasteiger partial charge < -0.3 is 14.8 Å². The number of hydrogen-bond donors (Lipinski definition) is 1. The Morgan fingerprint density at radius 2 is 1.78 bits per heavy atom. The Morgan fingerprint density at radius 1 is 1.11 bits per heavy atom. The molecule has 5 heteroatoms. The summed E-state index contributed by atoms with van der Waals surface area (Å²) in [5.74, 6) is 0.620. The van der Waals surface area contributed by atoms with Crippen LogP contribution in [0.15, 0.2) is 48.5 Å². The second-order valence-electron chi connectivity index (χ2n) is 7.56. The number of carbonyl (C=O) groups is 1. The number of halogens is 1. The van der Waals surface area contributed by atoms with Crippen molar-refractivity contribution in [3.63, 3.8) is 0 Å². The van der Waals surface area contributed by atoms with Gasteiger partial charge in [-0.05, 0) is 85.7 Å². The van der Waals surface area contributed by atoms with Crippen LogP contribution in [0.4, 0.5) is 0 Å². The van der Waals surface area contributed by atoms with Crippen molar-refractivity contribution in [2.24, 2.45) is 0 Å². The third-order valence-corrected chi connectivity index (χ3v) is 4.78. The summed E-state index contributed by atoms with van der Waals surface area (Å²) in [7, 11) is 1.66. The molecule has 0 saturated heterocycles. The Kier molecular flexibility index (Phi) is 7.68. The second-order valence-corrected chi connectivity index (χ2v) is 8.81. The molecule has 0 bridgehead atoms. The van der Waals surface area contributed by atoms with E-state index in [1.165, 1.54) is 0 Å². The number of ether oxygens (including phenoxy) is 2. The van der Waals surface area contributed by atoms with Crippen molar-refractivity contribution in [1.82, 2.24) is 5.32 Å². The van der Waals surface area contributed by atoms with E-state index in [9.17, 15) is 4.79 Å². The minimum atomic E-state index is -0.492. The first-order valence-electron chi connectivity index (χ1n) is 9.05. The van der Waals surface area contributed by atoms with Gasteiger partial charge in [-0.3, -0.25) is 4.79 Å². The van der Waals surface area contributed by atoms with Crippen LogP contribution in [0.1, 0.15) is 57.3 Å². The highest BCUT2D eigenvalue weighted by Crippen LogP contribution is 2.26. The minimum Gasteiger partial charge on any atom is -0.497 e. The van der Waals surface area contributed by atoms with E-state index < -0.39 is 5.60 Å². The first-order chi connectivity index (χ1) is 12.7. The highest BCUT2D eigenvalue weighted by Gasteiger charge is 2.23. The van der Waals surface area contributed by atoms with Gasteiger partial charge in [0.05, 0.1) is 13.5 Å². The third kappa shape index (κ3) is 7.14. The molecule has 0 unspecified atom stereocenters. The molecule has 0 aliphatic rings. The average molecular weight is 481 g/mol. The molecule has 0 aliphatic carbocycles. The molecule has 0 saturated carbocycles. The summed E-state index contributed by atoms with van der Waals surface area (Å²) in [5.41, 5.74) is 1.72. The van der Waals surface area contributed by atoms with Crippen LogP contribution in [0.3, 0.4) is 0 Å². The summed E-state index contributed by atoms with van der Waals surface area (Å²) in [6.45, 7) is 7.76. The smallest absolute Gasteiger partial charge is 0.308 e. The number of hydrogen-bond acceptors (Lipinski definition) is 4. The van der Waals surface area contributed by atoms with Crippen molar-refractivity contribution >= 4 is 28.6 Å². The lowest BCUT2D eigenvalue weighted by Crippen LogP contribution is -2.30. The topological polar surface area (TPSA) is 47.6 Å². The summed E-state index contributed by atoms with van der Waals surface area (Å²) in [6, 6.07) is 16.1. The standard InChI is InChI=1S/C22H28INO3/c1-15(16-9-11-19(26-5)12-10-16)24-20(14-21(25)27-22(2,3)4)17-7-6-8-18(23)13-17/h6-13,15,20,24H,14H2,1-5H3/t15-,20+/m0/s1. The Hall–Kier alpha value is -1.60. The number of rotatable bonds is 7. The zero-order chi connectivity index (χ0) is 20.0. The monoisotopic (exact) mass is 481 g/mol. The van der Waals surface area contributed by atoms with Crippen LogP contribution in [0.25, 0.3) is 0 Å².